The van der Waals surface area contributed by atoms with E-state index in [1.807, 2.05) is 19.9 Å². The summed E-state index contributed by atoms with van der Waals surface area (Å²) in [6.07, 6.45) is 4.00. The lowest BCUT2D eigenvalue weighted by atomic mass is 9.74. The van der Waals surface area contributed by atoms with E-state index < -0.39 is 19.7 Å². The minimum atomic E-state index is -1.28. The lowest BCUT2D eigenvalue weighted by molar-refractivity contribution is -0.0505. The second kappa shape index (κ2) is 9.41. The van der Waals surface area contributed by atoms with Gasteiger partial charge in [0.05, 0.1) is 5.60 Å². The number of aromatic hydroxyl groups is 2. The summed E-state index contributed by atoms with van der Waals surface area (Å²) in [6, 6.07) is 3.88. The second-order valence-electron chi connectivity index (χ2n) is 11.4. The van der Waals surface area contributed by atoms with Crippen LogP contribution in [0, 0.1) is 12.3 Å². The topological polar surface area (TPSA) is 72.7 Å². The van der Waals surface area contributed by atoms with E-state index in [1.165, 1.54) is 0 Å². The van der Waals surface area contributed by atoms with Crippen molar-refractivity contribution in [1.29, 1.82) is 0 Å². The van der Waals surface area contributed by atoms with Gasteiger partial charge in [-0.15, -0.1) is 5.79 Å². The third kappa shape index (κ3) is 5.36. The van der Waals surface area contributed by atoms with Crippen LogP contribution in [0.2, 0.25) is 15.8 Å². The first kappa shape index (κ1) is 25.5. The summed E-state index contributed by atoms with van der Waals surface area (Å²) in [5.74, 6) is 2.41. The van der Waals surface area contributed by atoms with Crippen molar-refractivity contribution in [3.63, 3.8) is 0 Å². The molecule has 1 fully saturated rings. The van der Waals surface area contributed by atoms with Crippen LogP contribution >= 0.6 is 0 Å². The molecule has 1 aliphatic heterocycles. The van der Waals surface area contributed by atoms with Gasteiger partial charge >= 0.3 is 0 Å². The van der Waals surface area contributed by atoms with Crippen molar-refractivity contribution in [1.82, 2.24) is 5.32 Å². The van der Waals surface area contributed by atoms with E-state index >= 15 is 0 Å². The Kier molecular flexibility index (Phi) is 8.01. The average molecular weight is 434 g/mol. The highest BCUT2D eigenvalue weighted by atomic mass is 27.2. The van der Waals surface area contributed by atoms with Crippen LogP contribution < -0.4 is 5.32 Å². The summed E-state index contributed by atoms with van der Waals surface area (Å²) < 4.78 is 0.336. The molecule has 4 N–H and O–H groups in total. The summed E-state index contributed by atoms with van der Waals surface area (Å²) >= 11 is -1.28. The number of benzene rings is 1. The van der Waals surface area contributed by atoms with Crippen molar-refractivity contribution in [3.8, 4) is 11.5 Å². The van der Waals surface area contributed by atoms with Crippen LogP contribution in [0.5, 0.6) is 11.5 Å². The zero-order chi connectivity index (χ0) is 22.9. The van der Waals surface area contributed by atoms with E-state index in [2.05, 4.69) is 45.7 Å². The van der Waals surface area contributed by atoms with Crippen molar-refractivity contribution in [3.05, 3.63) is 23.3 Å². The van der Waals surface area contributed by atoms with Gasteiger partial charge in [-0.05, 0) is 62.6 Å². The average Bonchev–Trinajstić information content (AvgIpc) is 2.64. The predicted octanol–water partition coefficient (Wildman–Crippen LogP) is 5.51. The highest BCUT2D eigenvalue weighted by Gasteiger charge is 2.46. The van der Waals surface area contributed by atoms with Crippen LogP contribution in [0.1, 0.15) is 78.4 Å². The molecule has 170 valence electrons. The van der Waals surface area contributed by atoms with Crippen LogP contribution in [0.3, 0.4) is 0 Å². The molecular formula is C25H44AlNO3. The first-order valence-corrected chi connectivity index (χ1v) is 14.3. The molecule has 1 saturated heterocycles. The number of phenolic OH excluding ortho intramolecular Hbond substituents is 2. The van der Waals surface area contributed by atoms with Gasteiger partial charge in [0.1, 0.15) is 0 Å². The SMILES string of the molecule is Cc1ccc(O)c(O)c1C1(C)CCNC(C)CC[CH]([C@](C)(O)C(C)(C)C)[Al]([CH3])[CH2]C1. The molecule has 1 aromatic rings. The van der Waals surface area contributed by atoms with Crippen molar-refractivity contribution < 1.29 is 15.3 Å². The van der Waals surface area contributed by atoms with Crippen molar-refractivity contribution >= 4 is 14.1 Å². The van der Waals surface area contributed by atoms with E-state index in [-0.39, 0.29) is 22.3 Å². The molecule has 0 amide bonds. The standard InChI is InChI=1S/C24H41NO3.CH3.Al/c1-9-23(7,20-17(2)12-13-19(26)21(20)27)15-16-25-18(3)11-10-14-24(8,28)22(4,5)6;;/h12-14,18,25-28H,1,9-11,15-16H2,2-8H3;1H3;/t18?,23?,24-;;/m0../s1. The number of phenols is 2. The van der Waals surface area contributed by atoms with Crippen LogP contribution in [0.25, 0.3) is 0 Å². The smallest absolute Gasteiger partial charge is 0.266 e. The molecule has 30 heavy (non-hydrogen) atoms. The molecule has 0 radical (unpaired) electrons. The quantitative estimate of drug-likeness (QED) is 0.367. The largest absolute Gasteiger partial charge is 0.504 e. The van der Waals surface area contributed by atoms with Crippen molar-refractivity contribution in [2.75, 3.05) is 6.54 Å². The summed E-state index contributed by atoms with van der Waals surface area (Å²) in [5, 5.41) is 37.3. The molecular weight excluding hydrogens is 389 g/mol. The minimum absolute atomic E-state index is 0.0352. The Morgan fingerprint density at radius 2 is 1.73 bits per heavy atom. The van der Waals surface area contributed by atoms with Gasteiger partial charge in [-0.2, -0.15) is 0 Å². The normalized spacial score (nSPS) is 29.2. The Morgan fingerprint density at radius 1 is 1.10 bits per heavy atom. The van der Waals surface area contributed by atoms with Crippen LogP contribution in [0.4, 0.5) is 0 Å². The summed E-state index contributed by atoms with van der Waals surface area (Å²) in [7, 11) is 0. The first-order chi connectivity index (χ1) is 13.7. The van der Waals surface area contributed by atoms with Crippen LogP contribution in [-0.4, -0.2) is 47.7 Å². The highest BCUT2D eigenvalue weighted by molar-refractivity contribution is 6.59. The Hall–Kier alpha value is -0.728. The fourth-order valence-corrected chi connectivity index (χ4v) is 9.23. The number of rotatable bonds is 2. The van der Waals surface area contributed by atoms with Gasteiger partial charge in [0.25, 0.3) is 14.1 Å². The zero-order valence-corrected chi connectivity index (χ0v) is 21.6. The Morgan fingerprint density at radius 3 is 2.33 bits per heavy atom. The molecule has 4 atom stereocenters. The maximum Gasteiger partial charge on any atom is 0.266 e. The summed E-state index contributed by atoms with van der Waals surface area (Å²) in [6.45, 7) is 15.9. The summed E-state index contributed by atoms with van der Waals surface area (Å²) in [5.41, 5.74) is 0.828. The molecule has 2 rings (SSSR count). The molecule has 1 aromatic carbocycles. The van der Waals surface area contributed by atoms with E-state index in [0.717, 1.165) is 48.6 Å². The number of hydrogen-bond acceptors (Lipinski definition) is 4. The van der Waals surface area contributed by atoms with Crippen LogP contribution in [-0.2, 0) is 5.41 Å². The van der Waals surface area contributed by atoms with Crippen LogP contribution in [0.15, 0.2) is 12.1 Å². The Balaban J connectivity index is 2.43. The van der Waals surface area contributed by atoms with E-state index in [4.69, 9.17) is 0 Å². The maximum atomic E-state index is 11.6. The number of aryl methyl sites for hydroxylation is 1. The van der Waals surface area contributed by atoms with Gasteiger partial charge in [-0.25, -0.2) is 0 Å². The zero-order valence-electron chi connectivity index (χ0n) is 20.5. The molecule has 1 heterocycles. The lowest BCUT2D eigenvalue weighted by Crippen LogP contribution is -2.48. The Bertz CT molecular complexity index is 728. The van der Waals surface area contributed by atoms with Gasteiger partial charge in [-0.3, -0.25) is 0 Å². The number of hydrogen-bond donors (Lipinski definition) is 4. The second-order valence-corrected chi connectivity index (χ2v) is 14.7. The van der Waals surface area contributed by atoms with E-state index in [1.54, 1.807) is 6.07 Å². The fourth-order valence-electron chi connectivity index (χ4n) is 5.37. The highest BCUT2D eigenvalue weighted by Crippen LogP contribution is 2.48. The molecule has 0 bridgehead atoms. The summed E-state index contributed by atoms with van der Waals surface area (Å²) in [4.78, 5) is 0. The monoisotopic (exact) mass is 433 g/mol. The van der Waals surface area contributed by atoms with Crippen molar-refractivity contribution in [2.45, 2.75) is 107 Å². The molecule has 3 unspecified atom stereocenters. The fraction of sp³-hybridized carbons (Fsp3) is 0.760. The molecule has 4 nitrogen and oxygen atoms in total. The maximum absolute atomic E-state index is 11.6. The third-order valence-electron chi connectivity index (χ3n) is 8.13. The predicted molar refractivity (Wildman–Crippen MR) is 128 cm³/mol. The lowest BCUT2D eigenvalue weighted by Gasteiger charge is -2.46. The molecule has 5 heteroatoms. The van der Waals surface area contributed by atoms with Gasteiger partial charge in [-0.1, -0.05) is 56.7 Å². The first-order valence-electron chi connectivity index (χ1n) is 11.7. The van der Waals surface area contributed by atoms with Gasteiger partial charge in [0.2, 0.25) is 0 Å². The van der Waals surface area contributed by atoms with E-state index in [9.17, 15) is 15.3 Å². The number of aliphatic hydroxyl groups is 1. The van der Waals surface area contributed by atoms with Gasteiger partial charge in [0.15, 0.2) is 11.5 Å². The van der Waals surface area contributed by atoms with Crippen molar-refractivity contribution in [2.24, 2.45) is 5.41 Å². The third-order valence-corrected chi connectivity index (χ3v) is 11.7. The van der Waals surface area contributed by atoms with Gasteiger partial charge < -0.3 is 20.6 Å². The molecule has 0 aliphatic carbocycles. The molecule has 0 saturated carbocycles. The Labute approximate surface area is 188 Å². The van der Waals surface area contributed by atoms with Gasteiger partial charge in [0, 0.05) is 11.6 Å². The molecule has 0 aromatic heterocycles. The minimum Gasteiger partial charge on any atom is -0.504 e. The molecule has 0 spiro atoms. The van der Waals surface area contributed by atoms with E-state index in [0.29, 0.717) is 10.8 Å². The molecule has 1 aliphatic rings. The number of nitrogens with one attached hydrogen (secondary N) is 1.